The van der Waals surface area contributed by atoms with Gasteiger partial charge in [-0.05, 0) is 34.9 Å². The van der Waals surface area contributed by atoms with Gasteiger partial charge in [0.05, 0.1) is 21.3 Å². The fourth-order valence-electron chi connectivity index (χ4n) is 2.73. The van der Waals surface area contributed by atoms with Crippen molar-refractivity contribution in [3.63, 3.8) is 0 Å². The van der Waals surface area contributed by atoms with Crippen LogP contribution >= 0.6 is 0 Å². The van der Waals surface area contributed by atoms with Crippen LogP contribution in [0.3, 0.4) is 0 Å². The van der Waals surface area contributed by atoms with Crippen molar-refractivity contribution < 1.29 is 93.3 Å². The van der Waals surface area contributed by atoms with E-state index in [0.717, 1.165) is 16.7 Å². The van der Waals surface area contributed by atoms with Crippen LogP contribution in [0, 0.1) is 49.4 Å². The van der Waals surface area contributed by atoms with Gasteiger partial charge in [-0.3, -0.25) is 0 Å². The summed E-state index contributed by atoms with van der Waals surface area (Å²) in [5.74, 6) is -3.38. The monoisotopic (exact) mass is 687 g/mol. The van der Waals surface area contributed by atoms with Gasteiger partial charge < -0.3 is 29.5 Å². The number of benzene rings is 3. The molecule has 0 fully saturated rings. The van der Waals surface area contributed by atoms with E-state index in [9.17, 15) is 14.4 Å². The number of carboxylic acid groups (broad SMARTS) is 3. The van der Waals surface area contributed by atoms with Crippen LogP contribution in [0.25, 0.3) is 18.2 Å². The molecule has 0 bridgehead atoms. The predicted molar refractivity (Wildman–Crippen MR) is 147 cm³/mol. The number of hydrogen-bond donors (Lipinski definition) is 3. The van der Waals surface area contributed by atoms with Gasteiger partial charge in [0.25, 0.3) is 0 Å². The van der Waals surface area contributed by atoms with Gasteiger partial charge in [0.1, 0.15) is 0 Å². The minimum Gasteiger partial charge on any atom is -0.490 e. The Morgan fingerprint density at radius 3 is 0.825 bits per heavy atom. The number of carboxylic acids is 3. The van der Waals surface area contributed by atoms with Crippen LogP contribution in [0.15, 0.2) is 108 Å². The molecule has 3 aromatic rings. The number of aliphatic carboxylic acids is 3. The van der Waals surface area contributed by atoms with E-state index in [-0.39, 0.29) is 66.7 Å². The molecule has 211 valence electrons. The SMILES string of the molecule is COC(=Cc1ccccc1)C(=O)O.COC(=Cc1ccccc1)C(=O)O.COC(=Cc1ccccc1)C(=O)O.[Eu]. The predicted octanol–water partition coefficient (Wildman–Crippen LogP) is 5.28. The first kappa shape index (κ1) is 36.3. The molecular formula is C30H30EuO9. The van der Waals surface area contributed by atoms with Gasteiger partial charge in [-0.2, -0.15) is 0 Å². The maximum absolute atomic E-state index is 10.5. The van der Waals surface area contributed by atoms with Gasteiger partial charge in [0.2, 0.25) is 17.3 Å². The van der Waals surface area contributed by atoms with Crippen molar-refractivity contribution in [2.45, 2.75) is 0 Å². The van der Waals surface area contributed by atoms with Crippen molar-refractivity contribution in [2.24, 2.45) is 0 Å². The van der Waals surface area contributed by atoms with E-state index in [2.05, 4.69) is 14.2 Å². The van der Waals surface area contributed by atoms with Crippen molar-refractivity contribution in [3.8, 4) is 0 Å². The molecule has 10 heteroatoms. The molecule has 3 aromatic carbocycles. The van der Waals surface area contributed by atoms with Gasteiger partial charge in [0, 0.05) is 49.4 Å². The number of methoxy groups -OCH3 is 3. The molecule has 0 aliphatic rings. The van der Waals surface area contributed by atoms with E-state index in [1.165, 1.54) is 39.6 Å². The van der Waals surface area contributed by atoms with Crippen LogP contribution in [0.2, 0.25) is 0 Å². The third-order valence-electron chi connectivity index (χ3n) is 4.58. The van der Waals surface area contributed by atoms with Crippen LogP contribution < -0.4 is 0 Å². The van der Waals surface area contributed by atoms with Gasteiger partial charge in [-0.1, -0.05) is 91.0 Å². The van der Waals surface area contributed by atoms with E-state index >= 15 is 0 Å². The number of ether oxygens (including phenoxy) is 3. The van der Waals surface area contributed by atoms with E-state index < -0.39 is 17.9 Å². The first-order valence-corrected chi connectivity index (χ1v) is 11.3. The van der Waals surface area contributed by atoms with Crippen molar-refractivity contribution in [1.29, 1.82) is 0 Å². The normalized spacial score (nSPS) is 10.7. The minimum atomic E-state index is -1.06. The fraction of sp³-hybridized carbons (Fsp3) is 0.100. The fourth-order valence-corrected chi connectivity index (χ4v) is 2.73. The number of rotatable bonds is 9. The molecular weight excluding hydrogens is 656 g/mol. The first-order chi connectivity index (χ1) is 18.7. The molecule has 3 N–H and O–H groups in total. The van der Waals surface area contributed by atoms with Crippen LogP contribution in [0.5, 0.6) is 0 Å². The largest absolute Gasteiger partial charge is 0.490 e. The van der Waals surface area contributed by atoms with Crippen LogP contribution in [-0.2, 0) is 28.6 Å². The molecule has 0 spiro atoms. The molecule has 0 heterocycles. The molecule has 0 unspecified atom stereocenters. The van der Waals surface area contributed by atoms with Crippen LogP contribution in [-0.4, -0.2) is 54.6 Å². The average Bonchev–Trinajstić information content (AvgIpc) is 2.95. The Morgan fingerprint density at radius 1 is 0.475 bits per heavy atom. The third kappa shape index (κ3) is 15.0. The Hall–Kier alpha value is -3.73. The molecule has 0 aromatic heterocycles. The summed E-state index contributed by atoms with van der Waals surface area (Å²) < 4.78 is 14.0. The Bertz CT molecular complexity index is 1110. The second kappa shape index (κ2) is 21.1. The van der Waals surface area contributed by atoms with Gasteiger partial charge >= 0.3 is 17.9 Å². The summed E-state index contributed by atoms with van der Waals surface area (Å²) in [6.45, 7) is 0. The molecule has 0 aliphatic carbocycles. The van der Waals surface area contributed by atoms with Crippen molar-refractivity contribution in [2.75, 3.05) is 21.3 Å². The summed E-state index contributed by atoms with van der Waals surface area (Å²) in [5.41, 5.74) is 2.42. The number of carbonyl (C=O) groups is 3. The van der Waals surface area contributed by atoms with Crippen LogP contribution in [0.1, 0.15) is 16.7 Å². The summed E-state index contributed by atoms with van der Waals surface area (Å²) in [6.07, 6.45) is 4.42. The maximum atomic E-state index is 10.5. The quantitative estimate of drug-likeness (QED) is 0.203. The smallest absolute Gasteiger partial charge is 0.371 e. The summed E-state index contributed by atoms with van der Waals surface area (Å²) >= 11 is 0. The molecule has 0 atom stereocenters. The number of hydrogen-bond acceptors (Lipinski definition) is 6. The van der Waals surface area contributed by atoms with Gasteiger partial charge in [-0.15, -0.1) is 0 Å². The molecule has 1 radical (unpaired) electrons. The zero-order chi connectivity index (χ0) is 29.0. The summed E-state index contributed by atoms with van der Waals surface area (Å²) in [6, 6.07) is 27.4. The Balaban J connectivity index is 0.000000563. The third-order valence-corrected chi connectivity index (χ3v) is 4.58. The molecule has 40 heavy (non-hydrogen) atoms. The Labute approximate surface area is 273 Å². The molecule has 0 saturated carbocycles. The zero-order valence-electron chi connectivity index (χ0n) is 22.1. The van der Waals surface area contributed by atoms with Crippen molar-refractivity contribution >= 4 is 36.1 Å². The summed E-state index contributed by atoms with van der Waals surface area (Å²) in [4.78, 5) is 31.6. The average molecular weight is 687 g/mol. The molecule has 3 rings (SSSR count). The molecule has 0 saturated heterocycles. The van der Waals surface area contributed by atoms with Gasteiger partial charge in [0.15, 0.2) is 0 Å². The zero-order valence-corrected chi connectivity index (χ0v) is 24.5. The van der Waals surface area contributed by atoms with E-state index in [1.54, 1.807) is 0 Å². The van der Waals surface area contributed by atoms with Crippen LogP contribution in [0.4, 0.5) is 0 Å². The maximum Gasteiger partial charge on any atom is 0.371 e. The molecule has 0 amide bonds. The Morgan fingerprint density at radius 2 is 0.675 bits per heavy atom. The second-order valence-electron chi connectivity index (χ2n) is 7.29. The molecule has 9 nitrogen and oxygen atoms in total. The van der Waals surface area contributed by atoms with E-state index in [0.29, 0.717) is 0 Å². The first-order valence-electron chi connectivity index (χ1n) is 11.3. The molecule has 0 aliphatic heterocycles. The van der Waals surface area contributed by atoms with E-state index in [1.807, 2.05) is 91.0 Å². The van der Waals surface area contributed by atoms with E-state index in [4.69, 9.17) is 15.3 Å². The van der Waals surface area contributed by atoms with Gasteiger partial charge in [-0.25, -0.2) is 14.4 Å². The van der Waals surface area contributed by atoms with Crippen molar-refractivity contribution in [3.05, 3.63) is 125 Å². The van der Waals surface area contributed by atoms with Crippen molar-refractivity contribution in [1.82, 2.24) is 0 Å². The summed E-state index contributed by atoms with van der Waals surface area (Å²) in [7, 11) is 4.01. The summed E-state index contributed by atoms with van der Waals surface area (Å²) in [5, 5.41) is 25.9. The standard InChI is InChI=1S/3C10H10O3.Eu/c3*1-13-9(10(11)12)7-8-5-3-2-4-6-8;/h3*2-7H,1H3,(H,11,12);. The Kier molecular flexibility index (Phi) is 19.2. The minimum absolute atomic E-state index is 0. The second-order valence-corrected chi connectivity index (χ2v) is 7.29. The topological polar surface area (TPSA) is 140 Å².